The summed E-state index contributed by atoms with van der Waals surface area (Å²) in [6, 6.07) is 4.95. The molecule has 2 N–H and O–H groups in total. The molecule has 2 heterocycles. The summed E-state index contributed by atoms with van der Waals surface area (Å²) in [5.74, 6) is -3.47. The second-order valence-electron chi connectivity index (χ2n) is 6.60. The smallest absolute Gasteiger partial charge is 0.255 e. The molecule has 29 heavy (non-hydrogen) atoms. The summed E-state index contributed by atoms with van der Waals surface area (Å²) < 4.78 is 48.2. The van der Waals surface area contributed by atoms with Gasteiger partial charge in [-0.05, 0) is 44.7 Å². The van der Waals surface area contributed by atoms with Crippen molar-refractivity contribution >= 4 is 11.4 Å². The molecule has 0 unspecified atom stereocenters. The summed E-state index contributed by atoms with van der Waals surface area (Å²) in [6.07, 6.45) is 0. The van der Waals surface area contributed by atoms with Gasteiger partial charge in [-0.2, -0.15) is 9.61 Å². The van der Waals surface area contributed by atoms with Crippen molar-refractivity contribution in [3.05, 3.63) is 64.1 Å². The van der Waals surface area contributed by atoms with E-state index in [1.54, 1.807) is 33.0 Å². The maximum atomic E-state index is 13.9. The molecule has 0 radical (unpaired) electrons. The Bertz CT molecular complexity index is 1070. The molecule has 0 spiro atoms. The van der Waals surface area contributed by atoms with E-state index in [9.17, 15) is 18.0 Å². The van der Waals surface area contributed by atoms with Gasteiger partial charge in [0, 0.05) is 19.2 Å². The first-order valence-corrected chi connectivity index (χ1v) is 9.01. The zero-order chi connectivity index (χ0) is 21.1. The van der Waals surface area contributed by atoms with Gasteiger partial charge in [-0.15, -0.1) is 0 Å². The molecule has 0 aliphatic carbocycles. The van der Waals surface area contributed by atoms with Gasteiger partial charge in [-0.25, -0.2) is 13.2 Å². The molecule has 0 atom stereocenters. The number of halogens is 3. The Hall–Kier alpha value is -3.07. The highest BCUT2D eigenvalue weighted by atomic mass is 19.2. The maximum Gasteiger partial charge on any atom is 0.255 e. The fraction of sp³-hybridized carbons (Fsp3) is 0.300. The van der Waals surface area contributed by atoms with Crippen LogP contribution < -0.4 is 15.4 Å². The topological polar surface area (TPSA) is 67.7 Å². The first-order valence-electron chi connectivity index (χ1n) is 9.01. The number of fused-ring (bicyclic) bond motifs is 1. The van der Waals surface area contributed by atoms with E-state index in [1.165, 1.54) is 4.52 Å². The lowest BCUT2D eigenvalue weighted by atomic mass is 10.1. The number of ether oxygens (including phenoxy) is 1. The van der Waals surface area contributed by atoms with Crippen LogP contribution in [0.2, 0.25) is 0 Å². The second-order valence-corrected chi connectivity index (χ2v) is 6.60. The van der Waals surface area contributed by atoms with Crippen molar-refractivity contribution in [3.63, 3.8) is 0 Å². The summed E-state index contributed by atoms with van der Waals surface area (Å²) in [5, 5.41) is 10.1. The van der Waals surface area contributed by atoms with Gasteiger partial charge < -0.3 is 15.4 Å². The number of hydrogen-bond acceptors (Lipinski definition) is 4. The third-order valence-electron chi connectivity index (χ3n) is 4.41. The Morgan fingerprint density at radius 3 is 2.59 bits per heavy atom. The van der Waals surface area contributed by atoms with Crippen LogP contribution in [0.15, 0.2) is 24.3 Å². The van der Waals surface area contributed by atoms with Gasteiger partial charge in [0.25, 0.3) is 5.91 Å². The molecule has 0 fully saturated rings. The standard InChI is InChI=1S/C20H21F3N4O2/c1-11-8-16-18(20(28)25-7-6-24-3)12(2)26-27(16)17(9-11)29-10-13-14(21)4-5-15(22)19(13)23/h4-5,8-9,24H,6-7,10H2,1-3H3,(H,25,28). The monoisotopic (exact) mass is 406 g/mol. The van der Waals surface area contributed by atoms with Crippen molar-refractivity contribution in [3.8, 4) is 5.88 Å². The SMILES string of the molecule is CNCCNC(=O)c1c(C)nn2c(OCc3c(F)ccc(F)c3F)cc(C)cc12. The molecule has 0 saturated carbocycles. The zero-order valence-electron chi connectivity index (χ0n) is 16.3. The molecule has 0 bridgehead atoms. The van der Waals surface area contributed by atoms with E-state index < -0.39 is 29.6 Å². The van der Waals surface area contributed by atoms with Crippen molar-refractivity contribution in [2.24, 2.45) is 0 Å². The largest absolute Gasteiger partial charge is 0.473 e. The number of nitrogens with one attached hydrogen (secondary N) is 2. The van der Waals surface area contributed by atoms with Crippen LogP contribution >= 0.6 is 0 Å². The maximum absolute atomic E-state index is 13.9. The van der Waals surface area contributed by atoms with Crippen LogP contribution in [0.3, 0.4) is 0 Å². The second kappa shape index (κ2) is 8.52. The lowest BCUT2D eigenvalue weighted by Crippen LogP contribution is -2.30. The summed E-state index contributed by atoms with van der Waals surface area (Å²) in [7, 11) is 1.78. The van der Waals surface area contributed by atoms with E-state index in [-0.39, 0.29) is 11.8 Å². The van der Waals surface area contributed by atoms with Gasteiger partial charge in [-0.1, -0.05) is 0 Å². The third kappa shape index (κ3) is 4.19. The van der Waals surface area contributed by atoms with Crippen LogP contribution in [0.25, 0.3) is 5.52 Å². The number of carbonyl (C=O) groups is 1. The van der Waals surface area contributed by atoms with Crippen molar-refractivity contribution < 1.29 is 22.7 Å². The molecule has 0 aliphatic heterocycles. The van der Waals surface area contributed by atoms with Crippen LogP contribution in [0.4, 0.5) is 13.2 Å². The van der Waals surface area contributed by atoms with Gasteiger partial charge in [0.1, 0.15) is 12.4 Å². The number of likely N-dealkylation sites (N-methyl/N-ethyl adjacent to an activating group) is 1. The van der Waals surface area contributed by atoms with Gasteiger partial charge in [0.05, 0.1) is 22.3 Å². The number of rotatable bonds is 7. The Kier molecular flexibility index (Phi) is 6.07. The molecular formula is C20H21F3N4O2. The Morgan fingerprint density at radius 1 is 1.14 bits per heavy atom. The number of pyridine rings is 1. The molecule has 0 saturated heterocycles. The molecule has 6 nitrogen and oxygen atoms in total. The predicted octanol–water partition coefficient (Wildman–Crippen LogP) is 2.90. The van der Waals surface area contributed by atoms with Crippen LogP contribution in [-0.4, -0.2) is 35.7 Å². The van der Waals surface area contributed by atoms with Gasteiger partial charge in [0.15, 0.2) is 11.6 Å². The van der Waals surface area contributed by atoms with Crippen molar-refractivity contribution in [1.82, 2.24) is 20.2 Å². The number of aromatic nitrogens is 2. The van der Waals surface area contributed by atoms with E-state index in [2.05, 4.69) is 15.7 Å². The van der Waals surface area contributed by atoms with Crippen LogP contribution in [-0.2, 0) is 6.61 Å². The van der Waals surface area contributed by atoms with E-state index >= 15 is 0 Å². The highest BCUT2D eigenvalue weighted by Crippen LogP contribution is 2.25. The third-order valence-corrected chi connectivity index (χ3v) is 4.41. The van der Waals surface area contributed by atoms with Gasteiger partial charge in [-0.3, -0.25) is 4.79 Å². The number of aryl methyl sites for hydroxylation is 2. The minimum absolute atomic E-state index is 0.181. The van der Waals surface area contributed by atoms with E-state index in [4.69, 9.17) is 4.74 Å². The number of nitrogens with zero attached hydrogens (tertiary/aromatic N) is 2. The molecule has 2 aromatic heterocycles. The average Bonchev–Trinajstić information content (AvgIpc) is 3.00. The molecule has 3 rings (SSSR count). The summed E-state index contributed by atoms with van der Waals surface area (Å²) in [5.41, 5.74) is 1.60. The fourth-order valence-corrected chi connectivity index (χ4v) is 2.98. The Morgan fingerprint density at radius 2 is 1.86 bits per heavy atom. The number of carbonyl (C=O) groups excluding carboxylic acids is 1. The van der Waals surface area contributed by atoms with Gasteiger partial charge in [0.2, 0.25) is 5.88 Å². The Balaban J connectivity index is 1.95. The number of amides is 1. The highest BCUT2D eigenvalue weighted by Gasteiger charge is 2.20. The van der Waals surface area contributed by atoms with E-state index in [0.29, 0.717) is 29.9 Å². The predicted molar refractivity (Wildman–Crippen MR) is 102 cm³/mol. The molecule has 1 aromatic carbocycles. The molecular weight excluding hydrogens is 385 g/mol. The van der Waals surface area contributed by atoms with Crippen molar-refractivity contribution in [1.29, 1.82) is 0 Å². The highest BCUT2D eigenvalue weighted by molar-refractivity contribution is 6.02. The molecule has 154 valence electrons. The van der Waals surface area contributed by atoms with Gasteiger partial charge >= 0.3 is 0 Å². The first-order chi connectivity index (χ1) is 13.8. The lowest BCUT2D eigenvalue weighted by molar-refractivity contribution is 0.0955. The van der Waals surface area contributed by atoms with Crippen LogP contribution in [0, 0.1) is 31.3 Å². The zero-order valence-corrected chi connectivity index (χ0v) is 16.3. The molecule has 1 amide bonds. The fourth-order valence-electron chi connectivity index (χ4n) is 2.98. The first kappa shape index (κ1) is 20.7. The number of benzene rings is 1. The lowest BCUT2D eigenvalue weighted by Gasteiger charge is -2.11. The summed E-state index contributed by atoms with van der Waals surface area (Å²) in [4.78, 5) is 12.6. The van der Waals surface area contributed by atoms with E-state index in [1.807, 2.05) is 0 Å². The quantitative estimate of drug-likeness (QED) is 0.468. The molecule has 0 aliphatic rings. The Labute approximate surface area is 165 Å². The average molecular weight is 406 g/mol. The van der Waals surface area contributed by atoms with E-state index in [0.717, 1.165) is 17.7 Å². The van der Waals surface area contributed by atoms with Crippen LogP contribution in [0.5, 0.6) is 5.88 Å². The number of hydrogen-bond donors (Lipinski definition) is 2. The summed E-state index contributed by atoms with van der Waals surface area (Å²) >= 11 is 0. The molecule has 3 aromatic rings. The normalized spacial score (nSPS) is 11.1. The van der Waals surface area contributed by atoms with Crippen molar-refractivity contribution in [2.45, 2.75) is 20.5 Å². The molecule has 9 heteroatoms. The van der Waals surface area contributed by atoms with Crippen molar-refractivity contribution in [2.75, 3.05) is 20.1 Å². The van der Waals surface area contributed by atoms with Crippen LogP contribution in [0.1, 0.15) is 27.2 Å². The summed E-state index contributed by atoms with van der Waals surface area (Å²) in [6.45, 7) is 4.00. The minimum Gasteiger partial charge on any atom is -0.473 e. The minimum atomic E-state index is -1.30.